The summed E-state index contributed by atoms with van der Waals surface area (Å²) in [4.78, 5) is 8.81. The molecule has 3 heterocycles. The summed E-state index contributed by atoms with van der Waals surface area (Å²) < 4.78 is 0. The monoisotopic (exact) mass is 399 g/mol. The molecule has 0 saturated heterocycles. The van der Waals surface area contributed by atoms with Crippen molar-refractivity contribution in [2.24, 2.45) is 0 Å². The van der Waals surface area contributed by atoms with E-state index in [4.69, 9.17) is 11.6 Å². The van der Waals surface area contributed by atoms with Gasteiger partial charge in [0.15, 0.2) is 0 Å². The number of aromatic nitrogens is 6. The summed E-state index contributed by atoms with van der Waals surface area (Å²) in [6, 6.07) is 17.7. The lowest BCUT2D eigenvalue weighted by molar-refractivity contribution is 0.881. The van der Waals surface area contributed by atoms with E-state index < -0.39 is 0 Å². The quantitative estimate of drug-likeness (QED) is 0.447. The number of H-pyrrole nitrogens is 1. The molecule has 7 nitrogen and oxygen atoms in total. The molecule has 3 aromatic heterocycles. The Balaban J connectivity index is 1.57. The fraction of sp³-hybridized carbons (Fsp3) is 0. The van der Waals surface area contributed by atoms with Crippen LogP contribution >= 0.6 is 11.6 Å². The lowest BCUT2D eigenvalue weighted by atomic mass is 10.0. The van der Waals surface area contributed by atoms with Crippen molar-refractivity contribution in [1.29, 1.82) is 0 Å². The average Bonchev–Trinajstić information content (AvgIpc) is 3.29. The van der Waals surface area contributed by atoms with E-state index >= 15 is 0 Å². The molecule has 0 saturated carbocycles. The van der Waals surface area contributed by atoms with Crippen molar-refractivity contribution in [3.8, 4) is 22.5 Å². The predicted octanol–water partition coefficient (Wildman–Crippen LogP) is 4.87. The minimum Gasteiger partial charge on any atom is -0.355 e. The van der Waals surface area contributed by atoms with Crippen LogP contribution in [0.5, 0.6) is 0 Å². The van der Waals surface area contributed by atoms with Crippen molar-refractivity contribution in [2.45, 2.75) is 0 Å². The molecule has 5 aromatic rings. The summed E-state index contributed by atoms with van der Waals surface area (Å²) >= 11 is 6.12. The van der Waals surface area contributed by atoms with Crippen molar-refractivity contribution in [2.75, 3.05) is 5.32 Å². The van der Waals surface area contributed by atoms with Crippen LogP contribution in [0.1, 0.15) is 0 Å². The second-order valence-electron chi connectivity index (χ2n) is 6.42. The minimum atomic E-state index is 0.505. The van der Waals surface area contributed by atoms with Gasteiger partial charge >= 0.3 is 0 Å². The first-order valence-electron chi connectivity index (χ1n) is 8.87. The Morgan fingerprint density at radius 3 is 2.69 bits per heavy atom. The molecule has 0 aliphatic rings. The van der Waals surface area contributed by atoms with E-state index in [0.717, 1.165) is 39.0 Å². The molecule has 8 heteroatoms. The predicted molar refractivity (Wildman–Crippen MR) is 113 cm³/mol. The summed E-state index contributed by atoms with van der Waals surface area (Å²) in [6.45, 7) is 0. The number of aromatic amines is 1. The molecule has 2 N–H and O–H groups in total. The molecular weight excluding hydrogens is 386 g/mol. The summed E-state index contributed by atoms with van der Waals surface area (Å²) in [6.07, 6.45) is 5.31. The van der Waals surface area contributed by atoms with E-state index in [1.54, 1.807) is 12.4 Å². The van der Waals surface area contributed by atoms with E-state index in [1.807, 2.05) is 54.7 Å². The number of nitrogens with zero attached hydrogens (tertiary/aromatic N) is 5. The Hall–Kier alpha value is -3.84. The van der Waals surface area contributed by atoms with Crippen molar-refractivity contribution in [1.82, 2.24) is 30.6 Å². The highest BCUT2D eigenvalue weighted by molar-refractivity contribution is 6.30. The van der Waals surface area contributed by atoms with Crippen LogP contribution in [0, 0.1) is 0 Å². The maximum atomic E-state index is 6.12. The van der Waals surface area contributed by atoms with Crippen LogP contribution in [0.25, 0.3) is 33.4 Å². The Kier molecular flexibility index (Phi) is 4.34. The standard InChI is InChI=1S/C21H14ClN7/c22-16-2-1-3-17(10-16)25-20-6-7-24-19-5-4-13(9-18(19)20)14-8-15(12-23-11-14)21-26-28-29-27-21/h1-12H,(H,24,25)(H,26,27,28,29). The van der Waals surface area contributed by atoms with E-state index in [-0.39, 0.29) is 0 Å². The highest BCUT2D eigenvalue weighted by atomic mass is 35.5. The lowest BCUT2D eigenvalue weighted by Crippen LogP contribution is -1.93. The molecule has 29 heavy (non-hydrogen) atoms. The summed E-state index contributed by atoms with van der Waals surface area (Å²) in [5.74, 6) is 0.505. The number of hydrogen-bond donors (Lipinski definition) is 2. The minimum absolute atomic E-state index is 0.505. The summed E-state index contributed by atoms with van der Waals surface area (Å²) in [5, 5.41) is 19.2. The molecule has 0 fully saturated rings. The van der Waals surface area contributed by atoms with E-state index in [0.29, 0.717) is 10.8 Å². The Morgan fingerprint density at radius 2 is 1.83 bits per heavy atom. The highest BCUT2D eigenvalue weighted by Crippen LogP contribution is 2.31. The third-order valence-corrected chi connectivity index (χ3v) is 4.76. The van der Waals surface area contributed by atoms with Crippen molar-refractivity contribution < 1.29 is 0 Å². The van der Waals surface area contributed by atoms with E-state index in [2.05, 4.69) is 42.0 Å². The van der Waals surface area contributed by atoms with Gasteiger partial charge in [0, 0.05) is 51.5 Å². The van der Waals surface area contributed by atoms with Gasteiger partial charge in [0.25, 0.3) is 0 Å². The number of nitrogens with one attached hydrogen (secondary N) is 2. The van der Waals surface area contributed by atoms with Gasteiger partial charge in [-0.3, -0.25) is 9.97 Å². The topological polar surface area (TPSA) is 92.3 Å². The first kappa shape index (κ1) is 17.3. The fourth-order valence-corrected chi connectivity index (χ4v) is 3.35. The van der Waals surface area contributed by atoms with Crippen LogP contribution in [-0.4, -0.2) is 30.6 Å². The third kappa shape index (κ3) is 3.51. The lowest BCUT2D eigenvalue weighted by Gasteiger charge is -2.11. The first-order valence-corrected chi connectivity index (χ1v) is 9.25. The molecule has 0 aliphatic heterocycles. The summed E-state index contributed by atoms with van der Waals surface area (Å²) in [7, 11) is 0. The number of fused-ring (bicyclic) bond motifs is 1. The van der Waals surface area contributed by atoms with Crippen LogP contribution in [0.4, 0.5) is 11.4 Å². The van der Waals surface area contributed by atoms with Gasteiger partial charge in [0.05, 0.1) is 5.52 Å². The molecule has 0 aliphatic carbocycles. The molecule has 2 aromatic carbocycles. The zero-order valence-electron chi connectivity index (χ0n) is 15.0. The highest BCUT2D eigenvalue weighted by Gasteiger charge is 2.09. The fourth-order valence-electron chi connectivity index (χ4n) is 3.16. The maximum Gasteiger partial charge on any atom is 0.206 e. The first-order chi connectivity index (χ1) is 14.3. The van der Waals surface area contributed by atoms with Gasteiger partial charge in [-0.15, -0.1) is 10.2 Å². The van der Waals surface area contributed by atoms with Gasteiger partial charge in [-0.2, -0.15) is 5.21 Å². The average molecular weight is 400 g/mol. The number of rotatable bonds is 4. The van der Waals surface area contributed by atoms with Crippen molar-refractivity contribution in [3.63, 3.8) is 0 Å². The summed E-state index contributed by atoms with van der Waals surface area (Å²) in [5.41, 5.74) is 5.50. The molecule has 0 bridgehead atoms. The smallest absolute Gasteiger partial charge is 0.206 e. The molecular formula is C21H14ClN7. The number of pyridine rings is 2. The number of benzene rings is 2. The molecule has 0 unspecified atom stereocenters. The third-order valence-electron chi connectivity index (χ3n) is 4.52. The molecule has 0 atom stereocenters. The van der Waals surface area contributed by atoms with Crippen LogP contribution in [-0.2, 0) is 0 Å². The molecule has 5 rings (SSSR count). The van der Waals surface area contributed by atoms with Gasteiger partial charge < -0.3 is 5.32 Å². The number of halogens is 1. The second kappa shape index (κ2) is 7.29. The molecule has 140 valence electrons. The van der Waals surface area contributed by atoms with Gasteiger partial charge in [-0.1, -0.05) is 23.7 Å². The van der Waals surface area contributed by atoms with E-state index in [1.165, 1.54) is 0 Å². The van der Waals surface area contributed by atoms with E-state index in [9.17, 15) is 0 Å². The normalized spacial score (nSPS) is 10.9. The van der Waals surface area contributed by atoms with Gasteiger partial charge in [0.2, 0.25) is 5.82 Å². The zero-order valence-corrected chi connectivity index (χ0v) is 15.8. The Labute approximate surface area is 170 Å². The Bertz CT molecular complexity index is 1300. The Morgan fingerprint density at radius 1 is 0.897 bits per heavy atom. The van der Waals surface area contributed by atoms with Crippen molar-refractivity contribution in [3.05, 3.63) is 78.2 Å². The van der Waals surface area contributed by atoms with Crippen LogP contribution < -0.4 is 5.32 Å². The number of hydrogen-bond acceptors (Lipinski definition) is 6. The van der Waals surface area contributed by atoms with Gasteiger partial charge in [0.1, 0.15) is 0 Å². The van der Waals surface area contributed by atoms with Gasteiger partial charge in [-0.05, 0) is 53.2 Å². The van der Waals surface area contributed by atoms with Crippen LogP contribution in [0.15, 0.2) is 73.2 Å². The molecule has 0 spiro atoms. The zero-order chi connectivity index (χ0) is 19.6. The molecule has 0 amide bonds. The van der Waals surface area contributed by atoms with Crippen LogP contribution in [0.2, 0.25) is 5.02 Å². The van der Waals surface area contributed by atoms with Gasteiger partial charge in [-0.25, -0.2) is 0 Å². The number of tetrazole rings is 1. The van der Waals surface area contributed by atoms with Crippen LogP contribution in [0.3, 0.4) is 0 Å². The number of anilines is 2. The molecule has 0 radical (unpaired) electrons. The maximum absolute atomic E-state index is 6.12. The SMILES string of the molecule is Clc1cccc(Nc2ccnc3ccc(-c4cncc(-c5nn[nH]n5)c4)cc23)c1. The largest absolute Gasteiger partial charge is 0.355 e. The second-order valence-corrected chi connectivity index (χ2v) is 6.86. The van der Waals surface area contributed by atoms with Crippen molar-refractivity contribution >= 4 is 33.9 Å².